The van der Waals surface area contributed by atoms with Gasteiger partial charge in [-0.05, 0) is 48.4 Å². The Bertz CT molecular complexity index is 1080. The van der Waals surface area contributed by atoms with Crippen molar-refractivity contribution in [1.82, 2.24) is 4.90 Å². The van der Waals surface area contributed by atoms with Gasteiger partial charge in [-0.3, -0.25) is 9.69 Å². The van der Waals surface area contributed by atoms with Crippen molar-refractivity contribution in [3.8, 4) is 0 Å². The maximum atomic E-state index is 14.2. The van der Waals surface area contributed by atoms with Crippen LogP contribution in [-0.2, 0) is 26.3 Å². The molecule has 0 aromatic heterocycles. The number of para-hydroxylation sites is 1. The second-order valence-electron chi connectivity index (χ2n) is 9.65. The summed E-state index contributed by atoms with van der Waals surface area (Å²) in [6.07, 6.45) is 2.54. The van der Waals surface area contributed by atoms with E-state index >= 15 is 0 Å². The molecular weight excluding hydrogens is 412 g/mol. The van der Waals surface area contributed by atoms with Gasteiger partial charge >= 0.3 is 5.97 Å². The second-order valence-corrected chi connectivity index (χ2v) is 9.65. The highest BCUT2D eigenvalue weighted by Crippen LogP contribution is 2.55. The van der Waals surface area contributed by atoms with E-state index in [9.17, 15) is 9.59 Å². The topological polar surface area (TPSA) is 49.9 Å². The summed E-state index contributed by atoms with van der Waals surface area (Å²) in [7, 11) is 1.42. The largest absolute Gasteiger partial charge is 0.466 e. The average molecular weight is 445 g/mol. The number of esters is 1. The van der Waals surface area contributed by atoms with Crippen molar-refractivity contribution in [2.45, 2.75) is 44.2 Å². The highest BCUT2D eigenvalue weighted by atomic mass is 16.5. The smallest absolute Gasteiger partial charge is 0.333 e. The minimum Gasteiger partial charge on any atom is -0.466 e. The maximum Gasteiger partial charge on any atom is 0.333 e. The molecule has 3 aliphatic rings. The summed E-state index contributed by atoms with van der Waals surface area (Å²) < 4.78 is 5.02. The van der Waals surface area contributed by atoms with E-state index in [-0.39, 0.29) is 23.8 Å². The Kier molecular flexibility index (Phi) is 5.61. The molecule has 0 aliphatic carbocycles. The van der Waals surface area contributed by atoms with Gasteiger partial charge in [0.05, 0.1) is 19.1 Å². The molecule has 0 N–H and O–H groups in total. The zero-order valence-corrected chi connectivity index (χ0v) is 19.5. The lowest BCUT2D eigenvalue weighted by atomic mass is 9.67. The SMILES string of the molecule is C=C(C(=O)OC)[C@H]1C[C@@H]2N(CC[C@]23C(=O)N(Cc2ccccc2)c2ccccc23)C[C@H]1CC. The van der Waals surface area contributed by atoms with Gasteiger partial charge in [-0.15, -0.1) is 0 Å². The number of fused-ring (bicyclic) bond motifs is 4. The second kappa shape index (κ2) is 8.45. The van der Waals surface area contributed by atoms with Crippen molar-refractivity contribution in [1.29, 1.82) is 0 Å². The Morgan fingerprint density at radius 1 is 1.15 bits per heavy atom. The molecule has 2 aromatic rings. The van der Waals surface area contributed by atoms with Crippen LogP contribution >= 0.6 is 0 Å². The lowest BCUT2D eigenvalue weighted by Gasteiger charge is -2.45. The Morgan fingerprint density at radius 2 is 1.88 bits per heavy atom. The van der Waals surface area contributed by atoms with Crippen LogP contribution in [0.2, 0.25) is 0 Å². The van der Waals surface area contributed by atoms with E-state index in [4.69, 9.17) is 4.74 Å². The number of methoxy groups -OCH3 is 1. The number of rotatable bonds is 5. The molecular formula is C28H32N2O3. The van der Waals surface area contributed by atoms with Crippen molar-refractivity contribution in [3.05, 3.63) is 77.9 Å². The number of carbonyl (C=O) groups excluding carboxylic acids is 2. The molecule has 1 amide bonds. The van der Waals surface area contributed by atoms with Gasteiger partial charge in [0.25, 0.3) is 0 Å². The Hall–Kier alpha value is -2.92. The minimum absolute atomic E-state index is 0.0295. The summed E-state index contributed by atoms with van der Waals surface area (Å²) in [5.41, 5.74) is 3.26. The molecule has 4 atom stereocenters. The van der Waals surface area contributed by atoms with Crippen molar-refractivity contribution >= 4 is 17.6 Å². The third-order valence-electron chi connectivity index (χ3n) is 8.22. The molecule has 5 heteroatoms. The van der Waals surface area contributed by atoms with Crippen molar-refractivity contribution < 1.29 is 14.3 Å². The number of nitrogens with zero attached hydrogens (tertiary/aromatic N) is 2. The van der Waals surface area contributed by atoms with Gasteiger partial charge in [0.1, 0.15) is 0 Å². The number of piperidine rings is 1. The molecule has 3 aliphatic heterocycles. The number of hydrogen-bond acceptors (Lipinski definition) is 4. The molecule has 172 valence electrons. The normalized spacial score (nSPS) is 28.6. The van der Waals surface area contributed by atoms with E-state index in [0.29, 0.717) is 18.0 Å². The van der Waals surface area contributed by atoms with E-state index in [1.165, 1.54) is 7.11 Å². The zero-order valence-electron chi connectivity index (χ0n) is 19.5. The monoisotopic (exact) mass is 444 g/mol. The van der Waals surface area contributed by atoms with Crippen molar-refractivity contribution in [2.75, 3.05) is 25.1 Å². The maximum absolute atomic E-state index is 14.2. The number of ether oxygens (including phenoxy) is 1. The third kappa shape index (κ3) is 3.33. The highest BCUT2D eigenvalue weighted by molar-refractivity contribution is 6.09. The fourth-order valence-electron chi connectivity index (χ4n) is 6.55. The summed E-state index contributed by atoms with van der Waals surface area (Å²) in [4.78, 5) is 31.1. The molecule has 1 spiro atoms. The quantitative estimate of drug-likeness (QED) is 0.509. The van der Waals surface area contributed by atoms with Crippen LogP contribution in [0.15, 0.2) is 66.7 Å². The van der Waals surface area contributed by atoms with Crippen LogP contribution in [0.4, 0.5) is 5.69 Å². The van der Waals surface area contributed by atoms with Crippen LogP contribution in [0.1, 0.15) is 37.3 Å². The standard InChI is InChI=1S/C28H32N2O3/c1-4-21-18-29-15-14-28(25(29)16-22(21)19(2)26(31)33-3)23-12-8-9-13-24(23)30(27(28)32)17-20-10-6-5-7-11-20/h5-13,21-22,25H,2,4,14-18H2,1,3H3/t21-,22-,25+,28-/m1/s1. The van der Waals surface area contributed by atoms with Crippen LogP contribution < -0.4 is 4.90 Å². The van der Waals surface area contributed by atoms with Gasteiger partial charge in [0.2, 0.25) is 5.91 Å². The summed E-state index contributed by atoms with van der Waals surface area (Å²) in [6, 6.07) is 18.5. The van der Waals surface area contributed by atoms with Gasteiger partial charge in [-0.2, -0.15) is 0 Å². The lowest BCUT2D eigenvalue weighted by Crippen LogP contribution is -2.54. The van der Waals surface area contributed by atoms with Gasteiger partial charge < -0.3 is 9.64 Å². The first-order chi connectivity index (χ1) is 16.0. The highest BCUT2D eigenvalue weighted by Gasteiger charge is 2.61. The van der Waals surface area contributed by atoms with E-state index in [0.717, 1.165) is 49.2 Å². The Labute approximate surface area is 196 Å². The van der Waals surface area contributed by atoms with Crippen LogP contribution in [0.25, 0.3) is 0 Å². The zero-order chi connectivity index (χ0) is 23.2. The summed E-state index contributed by atoms with van der Waals surface area (Å²) >= 11 is 0. The molecule has 2 saturated heterocycles. The summed E-state index contributed by atoms with van der Waals surface area (Å²) in [6.45, 7) is 8.65. The summed E-state index contributed by atoms with van der Waals surface area (Å²) in [5.74, 6) is 0.234. The van der Waals surface area contributed by atoms with Crippen LogP contribution in [0, 0.1) is 11.8 Å². The van der Waals surface area contributed by atoms with Crippen LogP contribution in [0.5, 0.6) is 0 Å². The van der Waals surface area contributed by atoms with Crippen molar-refractivity contribution in [3.63, 3.8) is 0 Å². The first-order valence-electron chi connectivity index (χ1n) is 12.0. The molecule has 0 saturated carbocycles. The molecule has 2 fully saturated rings. The Balaban J connectivity index is 1.53. The predicted octanol–water partition coefficient (Wildman–Crippen LogP) is 4.32. The minimum atomic E-state index is -0.571. The Morgan fingerprint density at radius 3 is 2.61 bits per heavy atom. The molecule has 5 nitrogen and oxygen atoms in total. The van der Waals surface area contributed by atoms with Crippen LogP contribution in [0.3, 0.4) is 0 Å². The van der Waals surface area contributed by atoms with E-state index < -0.39 is 5.41 Å². The fraction of sp³-hybridized carbons (Fsp3) is 0.429. The van der Waals surface area contributed by atoms with Crippen molar-refractivity contribution in [2.24, 2.45) is 11.8 Å². The average Bonchev–Trinajstić information content (AvgIpc) is 3.35. The van der Waals surface area contributed by atoms with E-state index in [1.54, 1.807) is 0 Å². The fourth-order valence-corrected chi connectivity index (χ4v) is 6.55. The van der Waals surface area contributed by atoms with E-state index in [2.05, 4.69) is 42.7 Å². The van der Waals surface area contributed by atoms with Gasteiger partial charge in [-0.1, -0.05) is 68.5 Å². The molecule has 5 rings (SSSR count). The summed E-state index contributed by atoms with van der Waals surface area (Å²) in [5, 5.41) is 0. The van der Waals surface area contributed by atoms with Gasteiger partial charge in [-0.25, -0.2) is 4.79 Å². The predicted molar refractivity (Wildman–Crippen MR) is 129 cm³/mol. The first kappa shape index (κ1) is 21.9. The molecule has 33 heavy (non-hydrogen) atoms. The molecule has 0 radical (unpaired) electrons. The van der Waals surface area contributed by atoms with E-state index in [1.807, 2.05) is 35.2 Å². The number of hydrogen-bond donors (Lipinski definition) is 0. The number of benzene rings is 2. The van der Waals surface area contributed by atoms with Gasteiger partial charge in [0.15, 0.2) is 0 Å². The van der Waals surface area contributed by atoms with Crippen LogP contribution in [-0.4, -0.2) is 43.0 Å². The molecule has 0 unspecified atom stereocenters. The lowest BCUT2D eigenvalue weighted by molar-refractivity contribution is -0.137. The number of amides is 1. The first-order valence-corrected chi connectivity index (χ1v) is 12.0. The van der Waals surface area contributed by atoms with Gasteiger partial charge in [0, 0.05) is 23.8 Å². The molecule has 0 bridgehead atoms. The number of anilines is 1. The molecule has 2 aromatic carbocycles. The number of carbonyl (C=O) groups is 2. The third-order valence-corrected chi connectivity index (χ3v) is 8.22. The molecule has 3 heterocycles.